The number of anilines is 1. The van der Waals surface area contributed by atoms with Crippen LogP contribution in [0.3, 0.4) is 0 Å². The number of hydrogen-bond donors (Lipinski definition) is 1. The van der Waals surface area contributed by atoms with Gasteiger partial charge in [0.2, 0.25) is 0 Å². The Hall–Kier alpha value is -3.78. The normalized spacial score (nSPS) is 24.5. The Labute approximate surface area is 283 Å². The number of halogens is 3. The average Bonchev–Trinajstić information content (AvgIpc) is 3.55. The number of pyridine rings is 1. The van der Waals surface area contributed by atoms with Crippen LogP contribution in [0.25, 0.3) is 32.9 Å². The summed E-state index contributed by atoms with van der Waals surface area (Å²) in [6.45, 7) is 6.02. The molecule has 3 saturated heterocycles. The number of aliphatic hydroxyl groups is 1. The van der Waals surface area contributed by atoms with Gasteiger partial charge in [-0.15, -0.1) is 0 Å². The van der Waals surface area contributed by atoms with E-state index in [1.807, 2.05) is 18.7 Å². The lowest BCUT2D eigenvalue weighted by Gasteiger charge is -2.32. The average molecular weight is 682 g/mol. The summed E-state index contributed by atoms with van der Waals surface area (Å²) in [6.07, 6.45) is 3.44. The number of alkyl halides is 1. The molecule has 3 fully saturated rings. The predicted molar refractivity (Wildman–Crippen MR) is 179 cm³/mol. The third-order valence-corrected chi connectivity index (χ3v) is 10.3. The molecule has 0 amide bonds. The van der Waals surface area contributed by atoms with E-state index < -0.39 is 28.9 Å². The topological polar surface area (TPSA) is 102 Å². The summed E-state index contributed by atoms with van der Waals surface area (Å²) in [5, 5.41) is 12.8. The number of rotatable bonds is 10. The number of benzene rings is 2. The molecule has 1 unspecified atom stereocenters. The third kappa shape index (κ3) is 6.26. The largest absolute Gasteiger partial charge is 0.468 e. The molecule has 5 heterocycles. The van der Waals surface area contributed by atoms with E-state index in [1.165, 1.54) is 19.4 Å². The first-order valence-electron chi connectivity index (χ1n) is 17.0. The van der Waals surface area contributed by atoms with Gasteiger partial charge in [-0.1, -0.05) is 19.9 Å². The smallest absolute Gasteiger partial charge is 0.319 e. The van der Waals surface area contributed by atoms with E-state index in [0.29, 0.717) is 77.8 Å². The van der Waals surface area contributed by atoms with Crippen molar-refractivity contribution in [3.8, 4) is 23.0 Å². The number of ether oxygens (including phenoxy) is 4. The highest BCUT2D eigenvalue weighted by atomic mass is 19.1. The van der Waals surface area contributed by atoms with Crippen molar-refractivity contribution in [2.75, 3.05) is 64.8 Å². The zero-order valence-corrected chi connectivity index (χ0v) is 28.1. The number of hydrogen-bond acceptors (Lipinski definition) is 10. The van der Waals surface area contributed by atoms with Gasteiger partial charge in [0, 0.05) is 38.4 Å². The Morgan fingerprint density at radius 3 is 2.78 bits per heavy atom. The minimum Gasteiger partial charge on any atom is -0.468 e. The van der Waals surface area contributed by atoms with Gasteiger partial charge in [-0.25, -0.2) is 13.2 Å². The number of fused-ring (bicyclic) bond motifs is 3. The number of aryl methyl sites for hydroxylation is 1. The van der Waals surface area contributed by atoms with Gasteiger partial charge in [0.15, 0.2) is 12.6 Å². The van der Waals surface area contributed by atoms with Crippen molar-refractivity contribution in [2.24, 2.45) is 0 Å². The van der Waals surface area contributed by atoms with Crippen LogP contribution in [0.1, 0.15) is 45.1 Å². The molecule has 10 nitrogen and oxygen atoms in total. The van der Waals surface area contributed by atoms with Crippen molar-refractivity contribution < 1.29 is 37.2 Å². The molecule has 3 atom stereocenters. The van der Waals surface area contributed by atoms with Gasteiger partial charge in [0.25, 0.3) is 0 Å². The number of β-amino-alcohol motifs (C(OH)–C–C–N with tert-alkyl or cyclic N) is 1. The lowest BCUT2D eigenvalue weighted by atomic mass is 9.94. The minimum atomic E-state index is -1.16. The highest BCUT2D eigenvalue weighted by Crippen LogP contribution is 2.42. The van der Waals surface area contributed by atoms with E-state index in [2.05, 4.69) is 14.9 Å². The Morgan fingerprint density at radius 1 is 1.12 bits per heavy atom. The van der Waals surface area contributed by atoms with Crippen molar-refractivity contribution in [2.45, 2.75) is 63.3 Å². The zero-order chi connectivity index (χ0) is 34.3. The Kier molecular flexibility index (Phi) is 9.29. The van der Waals surface area contributed by atoms with Crippen LogP contribution in [-0.4, -0.2) is 102 Å². The third-order valence-electron chi connectivity index (χ3n) is 10.3. The fraction of sp³-hybridized carbons (Fsp3) is 0.528. The van der Waals surface area contributed by atoms with Gasteiger partial charge in [-0.3, -0.25) is 9.88 Å². The minimum absolute atomic E-state index is 0.0383. The molecular weight excluding hydrogens is 639 g/mol. The van der Waals surface area contributed by atoms with Crippen LogP contribution >= 0.6 is 0 Å². The van der Waals surface area contributed by atoms with Crippen LogP contribution in [-0.2, 0) is 15.9 Å². The second kappa shape index (κ2) is 13.5. The quantitative estimate of drug-likeness (QED) is 0.213. The first-order valence-corrected chi connectivity index (χ1v) is 17.0. The van der Waals surface area contributed by atoms with Gasteiger partial charge < -0.3 is 29.0 Å². The van der Waals surface area contributed by atoms with E-state index in [1.54, 1.807) is 18.2 Å². The molecule has 2 aromatic heterocycles. The maximum Gasteiger partial charge on any atom is 0.319 e. The van der Waals surface area contributed by atoms with Crippen molar-refractivity contribution >= 4 is 27.5 Å². The summed E-state index contributed by atoms with van der Waals surface area (Å²) >= 11 is 0. The molecule has 13 heteroatoms. The number of nitrogens with zero attached hydrogens (tertiary/aromatic N) is 5. The van der Waals surface area contributed by atoms with E-state index in [-0.39, 0.29) is 43.8 Å². The van der Waals surface area contributed by atoms with Crippen molar-refractivity contribution in [3.63, 3.8) is 0 Å². The standard InChI is InChI=1S/C36H42F3N5O5/c1-4-25-28(38)8-7-22-13-24(49-21-46-3)14-26(29(22)25)31-30(39)32-27(16-40-31)33(43-11-12-47-20-36(45,5-2)18-43)42-34(41-32)48-19-35-9-6-10-44(35)17-23(37)15-35/h7-8,13-14,16,23,45H,4-6,9-12,15,17-21H2,1-3H3/t23-,35+,36?/m1/s1. The first kappa shape index (κ1) is 33.7. The van der Waals surface area contributed by atoms with Gasteiger partial charge in [-0.2, -0.15) is 9.97 Å². The maximum absolute atomic E-state index is 17.1. The summed E-state index contributed by atoms with van der Waals surface area (Å²) in [6, 6.07) is 6.35. The Bertz CT molecular complexity index is 1870. The highest BCUT2D eigenvalue weighted by molar-refractivity contribution is 6.01. The van der Waals surface area contributed by atoms with Gasteiger partial charge in [0.05, 0.1) is 30.7 Å². The van der Waals surface area contributed by atoms with E-state index in [4.69, 9.17) is 23.9 Å². The lowest BCUT2D eigenvalue weighted by molar-refractivity contribution is -0.0284. The fourth-order valence-electron chi connectivity index (χ4n) is 7.71. The van der Waals surface area contributed by atoms with Gasteiger partial charge >= 0.3 is 6.01 Å². The number of aromatic nitrogens is 3. The van der Waals surface area contributed by atoms with Crippen molar-refractivity contribution in [3.05, 3.63) is 47.7 Å². The van der Waals surface area contributed by atoms with Crippen molar-refractivity contribution in [1.29, 1.82) is 0 Å². The molecule has 0 spiro atoms. The van der Waals surface area contributed by atoms with Crippen LogP contribution in [0.5, 0.6) is 11.8 Å². The molecule has 0 bridgehead atoms. The summed E-state index contributed by atoms with van der Waals surface area (Å²) in [7, 11) is 1.50. The zero-order valence-electron chi connectivity index (χ0n) is 28.1. The highest BCUT2D eigenvalue weighted by Gasteiger charge is 2.49. The Balaban J connectivity index is 1.39. The molecular formula is C36H42F3N5O5. The maximum atomic E-state index is 17.1. The van der Waals surface area contributed by atoms with E-state index >= 15 is 8.78 Å². The summed E-state index contributed by atoms with van der Waals surface area (Å²) in [5.74, 6) is -0.408. The van der Waals surface area contributed by atoms with E-state index in [0.717, 1.165) is 19.4 Å². The molecule has 49 heavy (non-hydrogen) atoms. The molecule has 1 N–H and O–H groups in total. The SMILES string of the molecule is CCc1c(F)ccc2cc(OCOC)cc(-c3ncc4c(N5CCOCC(O)(CC)C5)nc(OC[C@@]56CCCN5C[C@H](F)C6)nc4c3F)c12. The molecule has 4 aromatic rings. The Morgan fingerprint density at radius 2 is 1.98 bits per heavy atom. The summed E-state index contributed by atoms with van der Waals surface area (Å²) in [4.78, 5) is 17.9. The van der Waals surface area contributed by atoms with Crippen molar-refractivity contribution in [1.82, 2.24) is 19.9 Å². The van der Waals surface area contributed by atoms with Crippen LogP contribution in [0.15, 0.2) is 30.5 Å². The second-order valence-corrected chi connectivity index (χ2v) is 13.4. The van der Waals surface area contributed by atoms with Crippen LogP contribution in [0.2, 0.25) is 0 Å². The van der Waals surface area contributed by atoms with Crippen LogP contribution < -0.4 is 14.4 Å². The molecule has 0 saturated carbocycles. The first-order chi connectivity index (χ1) is 23.7. The molecule has 3 aliphatic heterocycles. The monoisotopic (exact) mass is 681 g/mol. The summed E-state index contributed by atoms with van der Waals surface area (Å²) in [5.41, 5.74) is -0.960. The molecule has 0 radical (unpaired) electrons. The molecule has 0 aliphatic carbocycles. The molecule has 2 aromatic carbocycles. The second-order valence-electron chi connectivity index (χ2n) is 13.4. The number of methoxy groups -OCH3 is 1. The lowest BCUT2D eigenvalue weighted by Crippen LogP contribution is -2.44. The van der Waals surface area contributed by atoms with E-state index in [9.17, 15) is 9.50 Å². The molecule has 3 aliphatic rings. The fourth-order valence-corrected chi connectivity index (χ4v) is 7.71. The molecule has 262 valence electrons. The van der Waals surface area contributed by atoms with Crippen LogP contribution in [0, 0.1) is 11.6 Å². The predicted octanol–water partition coefficient (Wildman–Crippen LogP) is 5.60. The van der Waals surface area contributed by atoms with Gasteiger partial charge in [-0.05, 0) is 66.8 Å². The van der Waals surface area contributed by atoms with Crippen LogP contribution in [0.4, 0.5) is 19.0 Å². The summed E-state index contributed by atoms with van der Waals surface area (Å²) < 4.78 is 69.7. The molecule has 7 rings (SSSR count). The van der Waals surface area contributed by atoms with Gasteiger partial charge in [0.1, 0.15) is 47.0 Å².